The topological polar surface area (TPSA) is 60.0 Å². The maximum Gasteiger partial charge on any atom is 0.0967 e. The minimum absolute atomic E-state index is 0.00166. The molecule has 0 aromatic carbocycles. The van der Waals surface area contributed by atoms with Gasteiger partial charge in [0.2, 0.25) is 0 Å². The van der Waals surface area contributed by atoms with Crippen LogP contribution in [-0.2, 0) is 12.1 Å². The van der Waals surface area contributed by atoms with Gasteiger partial charge in [-0.25, -0.2) is 4.68 Å². The largest absolute Gasteiger partial charge is 0.330 e. The molecule has 0 radical (unpaired) electrons. The van der Waals surface area contributed by atoms with Crippen molar-refractivity contribution in [3.8, 4) is 0 Å². The smallest absolute Gasteiger partial charge is 0.0967 e. The first-order valence-electron chi connectivity index (χ1n) is 6.76. The molecular weight excluding hydrogens is 226 g/mol. The Morgan fingerprint density at radius 2 is 2.17 bits per heavy atom. The molecule has 2 unspecified atom stereocenters. The number of nitrogens with zero attached hydrogens (tertiary/aromatic N) is 4. The molecule has 1 aliphatic rings. The Hall–Kier alpha value is -0.940. The van der Waals surface area contributed by atoms with Crippen LogP contribution in [0.1, 0.15) is 39.8 Å². The maximum absolute atomic E-state index is 5.75. The van der Waals surface area contributed by atoms with Crippen molar-refractivity contribution in [2.45, 2.75) is 52.2 Å². The second-order valence-corrected chi connectivity index (χ2v) is 6.44. The highest BCUT2D eigenvalue weighted by molar-refractivity contribution is 4.97. The van der Waals surface area contributed by atoms with E-state index in [0.717, 1.165) is 25.3 Å². The van der Waals surface area contributed by atoms with E-state index in [1.807, 2.05) is 4.68 Å². The molecule has 5 heteroatoms. The Bertz CT molecular complexity index is 392. The van der Waals surface area contributed by atoms with Crippen molar-refractivity contribution in [2.24, 2.45) is 11.7 Å². The summed E-state index contributed by atoms with van der Waals surface area (Å²) in [6.45, 7) is 11.4. The summed E-state index contributed by atoms with van der Waals surface area (Å²) in [5, 5.41) is 8.48. The summed E-state index contributed by atoms with van der Waals surface area (Å²) in [5.74, 6) is 0.637. The van der Waals surface area contributed by atoms with E-state index in [-0.39, 0.29) is 5.54 Å². The van der Waals surface area contributed by atoms with Crippen molar-refractivity contribution in [3.63, 3.8) is 0 Å². The lowest BCUT2D eigenvalue weighted by Gasteiger charge is -2.20. The Kier molecular flexibility index (Phi) is 3.73. The van der Waals surface area contributed by atoms with Crippen LogP contribution in [0.2, 0.25) is 0 Å². The summed E-state index contributed by atoms with van der Waals surface area (Å²) in [6.07, 6.45) is 3.26. The number of aromatic nitrogens is 3. The first-order chi connectivity index (χ1) is 8.40. The molecule has 1 aromatic heterocycles. The summed E-state index contributed by atoms with van der Waals surface area (Å²) >= 11 is 0. The molecule has 0 aliphatic carbocycles. The highest BCUT2D eigenvalue weighted by Crippen LogP contribution is 2.23. The van der Waals surface area contributed by atoms with Crippen LogP contribution in [0.15, 0.2) is 6.20 Å². The lowest BCUT2D eigenvalue weighted by atomic mass is 10.1. The Balaban J connectivity index is 2.00. The van der Waals surface area contributed by atoms with Gasteiger partial charge in [0.25, 0.3) is 0 Å². The first kappa shape index (κ1) is 13.5. The lowest BCUT2D eigenvalue weighted by molar-refractivity contribution is 0.252. The zero-order valence-electron chi connectivity index (χ0n) is 11.9. The van der Waals surface area contributed by atoms with Gasteiger partial charge in [-0.1, -0.05) is 5.21 Å². The fraction of sp³-hybridized carbons (Fsp3) is 0.846. The number of likely N-dealkylation sites (tertiary alicyclic amines) is 1. The van der Waals surface area contributed by atoms with Gasteiger partial charge in [0.05, 0.1) is 17.4 Å². The summed E-state index contributed by atoms with van der Waals surface area (Å²) in [7, 11) is 0. The van der Waals surface area contributed by atoms with Gasteiger partial charge >= 0.3 is 0 Å². The molecule has 1 aromatic rings. The van der Waals surface area contributed by atoms with E-state index in [1.165, 1.54) is 6.42 Å². The predicted molar refractivity (Wildman–Crippen MR) is 72.1 cm³/mol. The molecule has 0 saturated carbocycles. The summed E-state index contributed by atoms with van der Waals surface area (Å²) in [4.78, 5) is 2.45. The van der Waals surface area contributed by atoms with Crippen molar-refractivity contribution < 1.29 is 0 Å². The van der Waals surface area contributed by atoms with Gasteiger partial charge in [0.1, 0.15) is 0 Å². The first-order valence-corrected chi connectivity index (χ1v) is 6.76. The van der Waals surface area contributed by atoms with Gasteiger partial charge in [0, 0.05) is 19.1 Å². The third-order valence-electron chi connectivity index (χ3n) is 3.72. The van der Waals surface area contributed by atoms with Crippen LogP contribution < -0.4 is 5.73 Å². The molecule has 0 spiro atoms. The standard InChI is InChI=1S/C13H25N5/c1-10-5-11(6-14)7-17(10)8-12-9-18(16-15-12)13(2,3)4/h9-11H,5-8,14H2,1-4H3. The van der Waals surface area contributed by atoms with Crippen LogP contribution in [0.3, 0.4) is 0 Å². The number of hydrogen-bond acceptors (Lipinski definition) is 4. The molecule has 0 bridgehead atoms. The molecule has 1 aliphatic heterocycles. The molecule has 2 N–H and O–H groups in total. The molecular formula is C13H25N5. The van der Waals surface area contributed by atoms with Crippen LogP contribution in [0, 0.1) is 5.92 Å². The lowest BCUT2D eigenvalue weighted by Crippen LogP contribution is -2.27. The van der Waals surface area contributed by atoms with Crippen LogP contribution in [0.4, 0.5) is 0 Å². The number of nitrogens with two attached hydrogens (primary N) is 1. The Morgan fingerprint density at radius 1 is 1.44 bits per heavy atom. The summed E-state index contributed by atoms with van der Waals surface area (Å²) < 4.78 is 1.93. The third-order valence-corrected chi connectivity index (χ3v) is 3.72. The molecule has 2 atom stereocenters. The van der Waals surface area contributed by atoms with E-state index in [9.17, 15) is 0 Å². The van der Waals surface area contributed by atoms with Crippen molar-refractivity contribution in [1.29, 1.82) is 0 Å². The van der Waals surface area contributed by atoms with Crippen molar-refractivity contribution >= 4 is 0 Å². The fourth-order valence-electron chi connectivity index (χ4n) is 2.52. The Morgan fingerprint density at radius 3 is 2.67 bits per heavy atom. The molecule has 1 saturated heterocycles. The quantitative estimate of drug-likeness (QED) is 0.877. The second kappa shape index (κ2) is 4.97. The van der Waals surface area contributed by atoms with E-state index in [4.69, 9.17) is 5.73 Å². The van der Waals surface area contributed by atoms with Gasteiger partial charge in [-0.15, -0.1) is 5.10 Å². The van der Waals surface area contributed by atoms with Gasteiger partial charge in [-0.05, 0) is 46.6 Å². The van der Waals surface area contributed by atoms with Gasteiger partial charge in [-0.3, -0.25) is 4.90 Å². The monoisotopic (exact) mass is 251 g/mol. The molecule has 1 fully saturated rings. The average Bonchev–Trinajstić information content (AvgIpc) is 2.86. The summed E-state index contributed by atoms with van der Waals surface area (Å²) in [6, 6.07) is 0.596. The highest BCUT2D eigenvalue weighted by atomic mass is 15.4. The van der Waals surface area contributed by atoms with Crippen molar-refractivity contribution in [2.75, 3.05) is 13.1 Å². The average molecular weight is 251 g/mol. The minimum Gasteiger partial charge on any atom is -0.330 e. The maximum atomic E-state index is 5.75. The van der Waals surface area contributed by atoms with E-state index in [2.05, 4.69) is 49.1 Å². The van der Waals surface area contributed by atoms with Gasteiger partial charge in [0.15, 0.2) is 0 Å². The van der Waals surface area contributed by atoms with Crippen molar-refractivity contribution in [1.82, 2.24) is 19.9 Å². The van der Waals surface area contributed by atoms with Crippen molar-refractivity contribution in [3.05, 3.63) is 11.9 Å². The third kappa shape index (κ3) is 2.90. The fourth-order valence-corrected chi connectivity index (χ4v) is 2.52. The molecule has 5 nitrogen and oxygen atoms in total. The van der Waals surface area contributed by atoms with E-state index < -0.39 is 0 Å². The van der Waals surface area contributed by atoms with Crippen LogP contribution in [0.5, 0.6) is 0 Å². The minimum atomic E-state index is 0.00166. The predicted octanol–water partition coefficient (Wildman–Crippen LogP) is 1.20. The molecule has 0 amide bonds. The molecule has 102 valence electrons. The number of rotatable bonds is 3. The zero-order chi connectivity index (χ0) is 13.3. The van der Waals surface area contributed by atoms with E-state index >= 15 is 0 Å². The van der Waals surface area contributed by atoms with Crippen LogP contribution >= 0.6 is 0 Å². The summed E-state index contributed by atoms with van der Waals surface area (Å²) in [5.41, 5.74) is 6.81. The molecule has 2 heterocycles. The SMILES string of the molecule is CC1CC(CN)CN1Cc1cn(C(C)(C)C)nn1. The van der Waals surface area contributed by atoms with Gasteiger partial charge < -0.3 is 5.73 Å². The second-order valence-electron chi connectivity index (χ2n) is 6.44. The zero-order valence-corrected chi connectivity index (χ0v) is 11.9. The van der Waals surface area contributed by atoms with E-state index in [0.29, 0.717) is 12.0 Å². The van der Waals surface area contributed by atoms with Gasteiger partial charge in [-0.2, -0.15) is 0 Å². The molecule has 18 heavy (non-hydrogen) atoms. The van der Waals surface area contributed by atoms with Crippen LogP contribution in [-0.4, -0.2) is 39.0 Å². The molecule has 2 rings (SSSR count). The highest BCUT2D eigenvalue weighted by Gasteiger charge is 2.28. The number of hydrogen-bond donors (Lipinski definition) is 1. The normalized spacial score (nSPS) is 25.8. The van der Waals surface area contributed by atoms with E-state index in [1.54, 1.807) is 0 Å². The Labute approximate surface area is 109 Å². The van der Waals surface area contributed by atoms with Crippen LogP contribution in [0.25, 0.3) is 0 Å².